The molecular formula is C98H85N19O15. The summed E-state index contributed by atoms with van der Waals surface area (Å²) in [5.41, 5.74) is 16.9. The minimum Gasteiger partial charge on any atom is -0.497 e. The molecule has 0 spiro atoms. The van der Waals surface area contributed by atoms with Crippen molar-refractivity contribution in [3.8, 4) is 40.8 Å². The summed E-state index contributed by atoms with van der Waals surface area (Å²) in [4.78, 5) is 121. The lowest BCUT2D eigenvalue weighted by atomic mass is 10.2. The number of ether oxygens (including phenoxy) is 4. The molecule has 662 valence electrons. The minimum atomic E-state index is -0.592. The Morgan fingerprint density at radius 1 is 0.409 bits per heavy atom. The highest BCUT2D eigenvalue weighted by molar-refractivity contribution is 6.10. The van der Waals surface area contributed by atoms with Crippen LogP contribution in [-0.2, 0) is 84.7 Å². The molecule has 6 aliphatic rings. The Hall–Kier alpha value is -16.9. The summed E-state index contributed by atoms with van der Waals surface area (Å²) in [5, 5.41) is 28.1. The van der Waals surface area contributed by atoms with Crippen LogP contribution in [0.3, 0.4) is 0 Å². The Balaban J connectivity index is 0.000000107. The van der Waals surface area contributed by atoms with E-state index in [2.05, 4.69) is 87.3 Å². The van der Waals surface area contributed by atoms with Crippen LogP contribution in [-0.4, -0.2) is 157 Å². The molecule has 14 heterocycles. The van der Waals surface area contributed by atoms with E-state index in [9.17, 15) is 43.7 Å². The van der Waals surface area contributed by atoms with Gasteiger partial charge < -0.3 is 87.1 Å². The van der Waals surface area contributed by atoms with Gasteiger partial charge in [-0.05, 0) is 138 Å². The normalized spacial score (nSPS) is 13.8. The van der Waals surface area contributed by atoms with Crippen molar-refractivity contribution in [3.63, 3.8) is 0 Å². The first-order chi connectivity index (χ1) is 64.5. The quantitative estimate of drug-likeness (QED) is 0.0255. The lowest BCUT2D eigenvalue weighted by molar-refractivity contribution is -0.401. The van der Waals surface area contributed by atoms with Crippen LogP contribution in [0.4, 0.5) is 5.88 Å². The zero-order valence-electron chi connectivity index (χ0n) is 71.7. The number of esters is 1. The first-order valence-corrected chi connectivity index (χ1v) is 42.6. The van der Waals surface area contributed by atoms with Crippen molar-refractivity contribution >= 4 is 126 Å². The Bertz CT molecular complexity index is 7440. The summed E-state index contributed by atoms with van der Waals surface area (Å²) in [7, 11) is 3.30. The highest BCUT2D eigenvalue weighted by Gasteiger charge is 2.30. The van der Waals surface area contributed by atoms with E-state index in [4.69, 9.17) is 27.8 Å². The largest absolute Gasteiger partial charge is 0.497 e. The van der Waals surface area contributed by atoms with E-state index in [1.807, 2.05) is 196 Å². The van der Waals surface area contributed by atoms with E-state index in [1.165, 1.54) is 19.1 Å². The summed E-state index contributed by atoms with van der Waals surface area (Å²) >= 11 is 0. The van der Waals surface area contributed by atoms with Gasteiger partial charge in [-0.1, -0.05) is 109 Å². The zero-order valence-corrected chi connectivity index (χ0v) is 71.7. The summed E-state index contributed by atoms with van der Waals surface area (Å²) in [6, 6.07) is 67.4. The molecule has 6 aliphatic heterocycles. The van der Waals surface area contributed by atoms with Gasteiger partial charge in [-0.3, -0.25) is 43.7 Å². The van der Waals surface area contributed by atoms with Crippen molar-refractivity contribution in [2.45, 2.75) is 72.6 Å². The second-order valence-corrected chi connectivity index (χ2v) is 30.9. The molecular weight excluding hydrogens is 1680 g/mol. The van der Waals surface area contributed by atoms with Crippen molar-refractivity contribution in [2.75, 3.05) is 53.5 Å². The SMILES string of the molecule is CC(=O)OCc1ccc(-c2nc3cccc4c3n2CCNC4=O)o1.COCc1nc2cccc3c2n1CCNC3=O.COc1ccc(/C=C/c2nc3cccc4c3n2CCNC4=O)cc1.O=C1NCCn2c(-c3ccc([N+](=O)[O-])o3)nc3cccc1c32.O=C1NCCn2c(C#Cc3ccccc3)nc3cccc1c32.O=C1NCCn2c(COCc3ccccc3)nc3cccc1c32. The highest BCUT2D eigenvalue weighted by Crippen LogP contribution is 2.35. The minimum absolute atomic E-state index is 0.0294. The third kappa shape index (κ3) is 18.0. The molecule has 8 aromatic heterocycles. The lowest BCUT2D eigenvalue weighted by Gasteiger charge is -2.08. The fourth-order valence-electron chi connectivity index (χ4n) is 16.6. The van der Waals surface area contributed by atoms with Gasteiger partial charge in [0.05, 0.1) is 119 Å². The van der Waals surface area contributed by atoms with Crippen LogP contribution < -0.4 is 36.6 Å². The molecule has 34 nitrogen and oxygen atoms in total. The molecule has 0 bridgehead atoms. The first kappa shape index (κ1) is 85.8. The lowest BCUT2D eigenvalue weighted by Crippen LogP contribution is -2.24. The number of hydrogen-bond acceptors (Lipinski definition) is 21. The first-order valence-electron chi connectivity index (χ1n) is 42.6. The number of imidazole rings is 6. The molecule has 6 N–H and O–H groups in total. The second-order valence-electron chi connectivity index (χ2n) is 30.9. The number of aromatic nitrogens is 12. The number of nitrogens with zero attached hydrogens (tertiary/aromatic N) is 13. The summed E-state index contributed by atoms with van der Waals surface area (Å²) in [5.74, 6) is 11.8. The molecule has 34 heteroatoms. The standard InChI is InChI=1S/C19H17N3O2.C18H17N3O2.C18H13N3O.C17H15N3O4.C14H10N4O4.C12H13N3O2/c1-24-14-8-5-13(6-9-14)7-10-17-21-16-4-2-3-15-18(16)22(17)12-11-20-19(15)23;22-18-14-7-4-8-15-17(14)21(10-9-19-18)16(20-15)12-23-11-13-5-2-1-3-6-13;22-18-14-7-4-8-15-17(14)21(12-11-19-18)16(20-15)10-9-13-5-2-1-3-6-13;1-10(21)23-9-11-5-6-14(24-11)16-19-13-4-2-3-12-15(13)20(16)8-7-18-17(12)22;19-14-8-2-1-3-9-12(8)17(7-6-15-14)13(16-9)10-4-5-11(22-10)18(20)21;1-17-7-10-14-9-4-2-3-8-11(9)15(10)6-5-13-12(8)16/h2-10H,11-12H2,1H3,(H,20,23);1-8H,9-12H2,(H,19,22);1-8H,11-12H2,(H,19,22);2-6H,7-9H2,1H3,(H,18,22);1-5H,6-7H2,(H,15,19);2-4H,5-7H2,1H3,(H,13,16)/b10-7+;;;;;. The van der Waals surface area contributed by atoms with Gasteiger partial charge >= 0.3 is 11.9 Å². The number of methoxy groups -OCH3 is 2. The Kier molecular flexibility index (Phi) is 24.9. The third-order valence-electron chi connectivity index (χ3n) is 22.5. The molecule has 0 fully saturated rings. The van der Waals surface area contributed by atoms with Crippen molar-refractivity contribution in [1.29, 1.82) is 0 Å². The molecule has 132 heavy (non-hydrogen) atoms. The van der Waals surface area contributed by atoms with Crippen LogP contribution in [0, 0.1) is 22.0 Å². The van der Waals surface area contributed by atoms with E-state index < -0.39 is 4.92 Å². The van der Waals surface area contributed by atoms with Gasteiger partial charge in [0.2, 0.25) is 0 Å². The summed E-state index contributed by atoms with van der Waals surface area (Å²) in [6.07, 6.45) is 4.01. The predicted molar refractivity (Wildman–Crippen MR) is 490 cm³/mol. The molecule has 23 rings (SSSR count). The van der Waals surface area contributed by atoms with Gasteiger partial charge in [-0.15, -0.1) is 0 Å². The highest BCUT2D eigenvalue weighted by atomic mass is 16.6. The molecule has 0 atom stereocenters. The number of hydrogen-bond donors (Lipinski definition) is 6. The maximum Gasteiger partial charge on any atom is 0.433 e. The van der Waals surface area contributed by atoms with E-state index in [1.54, 1.807) is 50.6 Å². The second kappa shape index (κ2) is 38.3. The molecule has 0 saturated heterocycles. The fraction of sp³-hybridized carbons (Fsp3) is 0.194. The van der Waals surface area contributed by atoms with Crippen LogP contribution in [0.5, 0.6) is 5.75 Å². The topological polar surface area (TPSA) is 405 Å². The van der Waals surface area contributed by atoms with Gasteiger partial charge in [-0.25, -0.2) is 29.9 Å². The smallest absolute Gasteiger partial charge is 0.433 e. The molecule has 0 unspecified atom stereocenters. The van der Waals surface area contributed by atoms with Gasteiger partial charge in [0.15, 0.2) is 29.0 Å². The average Bonchev–Trinajstić information content (AvgIpc) is 1.60. The number of benzene rings is 9. The van der Waals surface area contributed by atoms with E-state index in [0.717, 1.165) is 102 Å². The maximum atomic E-state index is 12.2. The Morgan fingerprint density at radius 2 is 0.818 bits per heavy atom. The predicted octanol–water partition coefficient (Wildman–Crippen LogP) is 12.6. The van der Waals surface area contributed by atoms with Crippen LogP contribution in [0.1, 0.15) is 115 Å². The van der Waals surface area contributed by atoms with Crippen molar-refractivity contribution in [2.24, 2.45) is 0 Å². The molecule has 9 aromatic carbocycles. The molecule has 0 radical (unpaired) electrons. The van der Waals surface area contributed by atoms with Crippen molar-refractivity contribution < 1.29 is 66.3 Å². The van der Waals surface area contributed by atoms with Crippen LogP contribution >= 0.6 is 0 Å². The number of furan rings is 2. The van der Waals surface area contributed by atoms with Crippen molar-refractivity contribution in [1.82, 2.24) is 89.2 Å². The number of amides is 6. The van der Waals surface area contributed by atoms with Crippen molar-refractivity contribution in [3.05, 3.63) is 308 Å². The van der Waals surface area contributed by atoms with Crippen LogP contribution in [0.25, 0.3) is 102 Å². The number of nitrogens with one attached hydrogen (secondary N) is 6. The number of rotatable bonds is 14. The van der Waals surface area contributed by atoms with Gasteiger partial charge in [-0.2, -0.15) is 0 Å². The number of carbonyl (C=O) groups excluding carboxylic acids is 7. The Labute approximate surface area is 751 Å². The number of para-hydroxylation sites is 6. The summed E-state index contributed by atoms with van der Waals surface area (Å²) < 4.78 is 44.2. The van der Waals surface area contributed by atoms with Crippen LogP contribution in [0.2, 0.25) is 0 Å². The third-order valence-corrected chi connectivity index (χ3v) is 22.5. The summed E-state index contributed by atoms with van der Waals surface area (Å²) in [6.45, 7) is 10.2. The van der Waals surface area contributed by atoms with E-state index >= 15 is 0 Å². The van der Waals surface area contributed by atoms with Crippen LogP contribution in [0.15, 0.2) is 227 Å². The molecule has 0 saturated carbocycles. The Morgan fingerprint density at radius 3 is 1.29 bits per heavy atom. The monoisotopic (exact) mass is 1770 g/mol. The van der Waals surface area contributed by atoms with Gasteiger partial charge in [0.25, 0.3) is 35.4 Å². The maximum absolute atomic E-state index is 12.2. The molecule has 17 aromatic rings. The van der Waals surface area contributed by atoms with Gasteiger partial charge in [0.1, 0.15) is 53.7 Å². The average molecular weight is 1770 g/mol. The van der Waals surface area contributed by atoms with E-state index in [-0.39, 0.29) is 53.9 Å². The molecule has 6 amide bonds. The fourth-order valence-corrected chi connectivity index (χ4v) is 16.6. The number of carbonyl (C=O) groups is 7. The zero-order chi connectivity index (χ0) is 90.9. The van der Waals surface area contributed by atoms with Gasteiger partial charge in [0, 0.05) is 98.1 Å². The van der Waals surface area contributed by atoms with E-state index in [0.29, 0.717) is 171 Å². The molecule has 0 aliphatic carbocycles. The number of nitro groups is 1.